The number of ketones is 1. The molecule has 0 amide bonds. The molecule has 13 heavy (non-hydrogen) atoms. The molecule has 74 valence electrons. The van der Waals surface area contributed by atoms with E-state index in [2.05, 4.69) is 0 Å². The molecule has 0 radical (unpaired) electrons. The number of hydrogen-bond donors (Lipinski definition) is 3. The van der Waals surface area contributed by atoms with E-state index in [4.69, 9.17) is 5.73 Å². The molecule has 0 saturated heterocycles. The summed E-state index contributed by atoms with van der Waals surface area (Å²) < 4.78 is 0. The maximum absolute atomic E-state index is 11.5. The number of hydrogen-bond acceptors (Lipinski definition) is 4. The lowest BCUT2D eigenvalue weighted by atomic mass is 9.77. The summed E-state index contributed by atoms with van der Waals surface area (Å²) in [5.41, 5.74) is 3.70. The second kappa shape index (κ2) is 2.32. The molecule has 2 aliphatic rings. The summed E-state index contributed by atoms with van der Waals surface area (Å²) in [5.74, 6) is -0.511. The monoisotopic (exact) mass is 185 g/mol. The van der Waals surface area contributed by atoms with E-state index in [-0.39, 0.29) is 12.5 Å². The van der Waals surface area contributed by atoms with Gasteiger partial charge in [-0.05, 0) is 18.8 Å². The van der Waals surface area contributed by atoms with Crippen molar-refractivity contribution >= 4 is 5.78 Å². The average Bonchev–Trinajstić information content (AvgIpc) is 2.47. The van der Waals surface area contributed by atoms with Gasteiger partial charge in [0.25, 0.3) is 0 Å². The Bertz CT molecular complexity index is 268. The van der Waals surface area contributed by atoms with Gasteiger partial charge in [0.05, 0.1) is 0 Å². The zero-order valence-corrected chi connectivity index (χ0v) is 7.66. The van der Waals surface area contributed by atoms with Gasteiger partial charge in [-0.1, -0.05) is 6.92 Å². The van der Waals surface area contributed by atoms with Crippen LogP contribution in [0.25, 0.3) is 0 Å². The zero-order valence-electron chi connectivity index (χ0n) is 7.66. The number of carbonyl (C=O) groups is 1. The first kappa shape index (κ1) is 9.12. The van der Waals surface area contributed by atoms with Gasteiger partial charge in [0.15, 0.2) is 5.78 Å². The third-order valence-corrected chi connectivity index (χ3v) is 3.81. The van der Waals surface area contributed by atoms with Crippen LogP contribution in [0.15, 0.2) is 0 Å². The van der Waals surface area contributed by atoms with Crippen LogP contribution in [-0.2, 0) is 4.79 Å². The molecule has 4 atom stereocenters. The first-order valence-corrected chi connectivity index (χ1v) is 4.61. The van der Waals surface area contributed by atoms with E-state index in [0.29, 0.717) is 12.8 Å². The third kappa shape index (κ3) is 0.834. The summed E-state index contributed by atoms with van der Waals surface area (Å²) >= 11 is 0. The molecule has 0 spiro atoms. The molecule has 0 aromatic heterocycles. The molecule has 2 aliphatic carbocycles. The van der Waals surface area contributed by atoms with Crippen molar-refractivity contribution < 1.29 is 15.0 Å². The molecule has 0 heterocycles. The average molecular weight is 185 g/mol. The number of aliphatic hydroxyl groups excluding tert-OH is 1. The van der Waals surface area contributed by atoms with Crippen molar-refractivity contribution in [3.05, 3.63) is 0 Å². The molecule has 1 unspecified atom stereocenters. The van der Waals surface area contributed by atoms with Gasteiger partial charge in [-0.25, -0.2) is 0 Å². The molecule has 2 bridgehead atoms. The SMILES string of the molecule is C[C@H]1C[C@@]2(CN)CC1(O)C(=O)[C@@H]2O. The van der Waals surface area contributed by atoms with Crippen LogP contribution in [0, 0.1) is 11.3 Å². The Hall–Kier alpha value is -0.450. The van der Waals surface area contributed by atoms with Crippen molar-refractivity contribution in [2.45, 2.75) is 31.5 Å². The van der Waals surface area contributed by atoms with Crippen LogP contribution >= 0.6 is 0 Å². The van der Waals surface area contributed by atoms with Crippen LogP contribution in [0.5, 0.6) is 0 Å². The summed E-state index contributed by atoms with van der Waals surface area (Å²) in [7, 11) is 0. The van der Waals surface area contributed by atoms with Crippen LogP contribution in [0.2, 0.25) is 0 Å². The Morgan fingerprint density at radius 2 is 2.31 bits per heavy atom. The van der Waals surface area contributed by atoms with E-state index in [1.54, 1.807) is 0 Å². The summed E-state index contributed by atoms with van der Waals surface area (Å²) in [5, 5.41) is 19.6. The number of Topliss-reactive ketones (excluding diaryl/α,β-unsaturated/α-hetero) is 1. The van der Waals surface area contributed by atoms with Crippen LogP contribution in [-0.4, -0.2) is 34.2 Å². The molecule has 2 fully saturated rings. The fourth-order valence-corrected chi connectivity index (χ4v) is 2.88. The fraction of sp³-hybridized carbons (Fsp3) is 0.889. The van der Waals surface area contributed by atoms with Gasteiger partial charge in [-0.2, -0.15) is 0 Å². The number of fused-ring (bicyclic) bond motifs is 2. The predicted octanol–water partition coefficient (Wildman–Crippen LogP) is -0.964. The van der Waals surface area contributed by atoms with Crippen molar-refractivity contribution in [2.24, 2.45) is 17.1 Å². The van der Waals surface area contributed by atoms with Crippen molar-refractivity contribution in [2.75, 3.05) is 6.54 Å². The maximum Gasteiger partial charge on any atom is 0.193 e. The number of nitrogens with two attached hydrogens (primary N) is 1. The summed E-state index contributed by atoms with van der Waals surface area (Å²) in [6.07, 6.45) is -0.0800. The quantitative estimate of drug-likeness (QED) is 0.491. The van der Waals surface area contributed by atoms with Gasteiger partial charge in [-0.15, -0.1) is 0 Å². The fourth-order valence-electron chi connectivity index (χ4n) is 2.88. The van der Waals surface area contributed by atoms with Gasteiger partial charge >= 0.3 is 0 Å². The number of carbonyl (C=O) groups excluding carboxylic acids is 1. The van der Waals surface area contributed by atoms with Gasteiger partial charge < -0.3 is 15.9 Å². The van der Waals surface area contributed by atoms with Gasteiger partial charge in [0, 0.05) is 12.0 Å². The zero-order chi connectivity index (χ0) is 9.85. The Labute approximate surface area is 76.7 Å². The molecule has 4 heteroatoms. The largest absolute Gasteiger partial charge is 0.385 e. The molecular formula is C9H15NO3. The summed E-state index contributed by atoms with van der Waals surface area (Å²) in [4.78, 5) is 11.5. The standard InChI is InChI=1S/C9H15NO3/c1-5-2-8(4-10)3-9(5,13)7(12)6(8)11/h5-6,11,13H,2-4,10H2,1H3/t5-,6-,8-,9?/m0/s1. The Kier molecular flexibility index (Phi) is 1.63. The normalized spacial score (nSPS) is 54.6. The highest BCUT2D eigenvalue weighted by atomic mass is 16.3. The van der Waals surface area contributed by atoms with E-state index >= 15 is 0 Å². The highest BCUT2D eigenvalue weighted by Crippen LogP contribution is 2.56. The van der Waals surface area contributed by atoms with Crippen LogP contribution in [0.4, 0.5) is 0 Å². The van der Waals surface area contributed by atoms with Crippen molar-refractivity contribution in [1.29, 1.82) is 0 Å². The molecule has 0 aromatic carbocycles. The molecule has 4 nitrogen and oxygen atoms in total. The van der Waals surface area contributed by atoms with E-state index < -0.39 is 22.9 Å². The van der Waals surface area contributed by atoms with Crippen molar-refractivity contribution in [3.8, 4) is 0 Å². The van der Waals surface area contributed by atoms with Crippen LogP contribution in [0.3, 0.4) is 0 Å². The van der Waals surface area contributed by atoms with E-state index in [9.17, 15) is 15.0 Å². The van der Waals surface area contributed by atoms with Crippen molar-refractivity contribution in [1.82, 2.24) is 0 Å². The van der Waals surface area contributed by atoms with Gasteiger partial charge in [-0.3, -0.25) is 4.79 Å². The Morgan fingerprint density at radius 3 is 2.69 bits per heavy atom. The lowest BCUT2D eigenvalue weighted by molar-refractivity contribution is -0.148. The van der Waals surface area contributed by atoms with Gasteiger partial charge in [0.1, 0.15) is 11.7 Å². The minimum atomic E-state index is -1.31. The lowest BCUT2D eigenvalue weighted by Crippen LogP contribution is -2.49. The maximum atomic E-state index is 11.5. The smallest absolute Gasteiger partial charge is 0.193 e. The van der Waals surface area contributed by atoms with E-state index in [0.717, 1.165) is 0 Å². The molecule has 4 N–H and O–H groups in total. The van der Waals surface area contributed by atoms with Crippen LogP contribution < -0.4 is 5.73 Å². The van der Waals surface area contributed by atoms with Crippen molar-refractivity contribution in [3.63, 3.8) is 0 Å². The topological polar surface area (TPSA) is 83.5 Å². The van der Waals surface area contributed by atoms with E-state index in [1.807, 2.05) is 6.92 Å². The summed E-state index contributed by atoms with van der Waals surface area (Å²) in [6, 6.07) is 0. The van der Waals surface area contributed by atoms with E-state index in [1.165, 1.54) is 0 Å². The summed E-state index contributed by atoms with van der Waals surface area (Å²) in [6.45, 7) is 2.10. The molecule has 2 rings (SSSR count). The Morgan fingerprint density at radius 1 is 1.69 bits per heavy atom. The number of aliphatic hydroxyl groups is 2. The highest BCUT2D eigenvalue weighted by molar-refractivity contribution is 5.95. The second-order valence-electron chi connectivity index (χ2n) is 4.54. The minimum Gasteiger partial charge on any atom is -0.385 e. The predicted molar refractivity (Wildman–Crippen MR) is 45.8 cm³/mol. The third-order valence-electron chi connectivity index (χ3n) is 3.81. The number of rotatable bonds is 1. The molecule has 2 saturated carbocycles. The lowest BCUT2D eigenvalue weighted by Gasteiger charge is -2.32. The molecule has 0 aromatic rings. The molecular weight excluding hydrogens is 170 g/mol. The minimum absolute atomic E-state index is 0.0769. The van der Waals surface area contributed by atoms with Crippen LogP contribution in [0.1, 0.15) is 19.8 Å². The Balaban J connectivity index is 2.42. The van der Waals surface area contributed by atoms with Gasteiger partial charge in [0.2, 0.25) is 0 Å². The highest BCUT2D eigenvalue weighted by Gasteiger charge is 2.67. The second-order valence-corrected chi connectivity index (χ2v) is 4.54. The first-order valence-electron chi connectivity index (χ1n) is 4.61. The molecule has 0 aliphatic heterocycles. The first-order chi connectivity index (χ1) is 5.96.